The largest absolute Gasteiger partial charge is 0.356 e. The van der Waals surface area contributed by atoms with E-state index < -0.39 is 0 Å². The monoisotopic (exact) mass is 368 g/mol. The molecule has 2 fully saturated rings. The number of hydrogen-bond donors (Lipinski definition) is 1. The van der Waals surface area contributed by atoms with Crippen molar-refractivity contribution in [2.75, 3.05) is 19.6 Å². The number of urea groups is 1. The van der Waals surface area contributed by atoms with E-state index in [2.05, 4.69) is 10.5 Å². The average molecular weight is 368 g/mol. The van der Waals surface area contributed by atoms with Crippen LogP contribution >= 0.6 is 0 Å². The normalized spacial score (nSPS) is 20.1. The number of aromatic nitrogens is 1. The lowest BCUT2D eigenvalue weighted by atomic mass is 10.0. The van der Waals surface area contributed by atoms with Crippen LogP contribution in [0.5, 0.6) is 0 Å². The van der Waals surface area contributed by atoms with E-state index in [1.165, 1.54) is 0 Å². The lowest BCUT2D eigenvalue weighted by Gasteiger charge is -2.37. The van der Waals surface area contributed by atoms with Gasteiger partial charge in [-0.25, -0.2) is 4.79 Å². The molecule has 2 aliphatic heterocycles. The van der Waals surface area contributed by atoms with E-state index in [-0.39, 0.29) is 18.0 Å². The number of piperidine rings is 1. The fourth-order valence-electron chi connectivity index (χ4n) is 3.86. The molecule has 1 aromatic carbocycles. The van der Waals surface area contributed by atoms with Crippen LogP contribution in [-0.2, 0) is 11.3 Å². The maximum Gasteiger partial charge on any atom is 0.317 e. The Kier molecular flexibility index (Phi) is 5.09. The standard InChI is InChI=1S/C20H24N4O3/c25-19-9-5-11-24(19)17-8-4-10-23(14-17)20(26)21-13-16-12-18(27-22-16)15-6-2-1-3-7-15/h1-3,6-7,12,17H,4-5,8-11,13-14H2,(H,21,26). The van der Waals surface area contributed by atoms with Gasteiger partial charge in [-0.1, -0.05) is 35.5 Å². The van der Waals surface area contributed by atoms with Crippen LogP contribution in [0.3, 0.4) is 0 Å². The summed E-state index contributed by atoms with van der Waals surface area (Å²) in [6, 6.07) is 11.6. The Morgan fingerprint density at radius 2 is 2.07 bits per heavy atom. The van der Waals surface area contributed by atoms with Crippen molar-refractivity contribution in [1.82, 2.24) is 20.3 Å². The second kappa shape index (κ2) is 7.82. The molecule has 0 spiro atoms. The minimum Gasteiger partial charge on any atom is -0.356 e. The van der Waals surface area contributed by atoms with E-state index in [0.29, 0.717) is 31.0 Å². The van der Waals surface area contributed by atoms with Gasteiger partial charge in [0.15, 0.2) is 5.76 Å². The number of carbonyl (C=O) groups excluding carboxylic acids is 2. The van der Waals surface area contributed by atoms with Gasteiger partial charge in [0, 0.05) is 43.7 Å². The van der Waals surface area contributed by atoms with Crippen LogP contribution in [0.1, 0.15) is 31.4 Å². The van der Waals surface area contributed by atoms with E-state index >= 15 is 0 Å². The Labute approximate surface area is 158 Å². The molecule has 0 aliphatic carbocycles. The Morgan fingerprint density at radius 1 is 1.22 bits per heavy atom. The molecule has 3 heterocycles. The number of nitrogens with one attached hydrogen (secondary N) is 1. The molecule has 3 amide bonds. The second-order valence-electron chi connectivity index (χ2n) is 7.14. The second-order valence-corrected chi connectivity index (χ2v) is 7.14. The van der Waals surface area contributed by atoms with Crippen LogP contribution in [0, 0.1) is 0 Å². The Hall–Kier alpha value is -2.83. The highest BCUT2D eigenvalue weighted by Crippen LogP contribution is 2.22. The van der Waals surface area contributed by atoms with Gasteiger partial charge in [-0.15, -0.1) is 0 Å². The van der Waals surface area contributed by atoms with Gasteiger partial charge in [0.25, 0.3) is 0 Å². The first-order valence-electron chi connectivity index (χ1n) is 9.54. The summed E-state index contributed by atoms with van der Waals surface area (Å²) in [4.78, 5) is 28.3. The summed E-state index contributed by atoms with van der Waals surface area (Å²) >= 11 is 0. The van der Waals surface area contributed by atoms with Crippen LogP contribution in [0.4, 0.5) is 4.79 Å². The summed E-state index contributed by atoms with van der Waals surface area (Å²) < 4.78 is 5.37. The lowest BCUT2D eigenvalue weighted by molar-refractivity contribution is -0.130. The van der Waals surface area contributed by atoms with Crippen molar-refractivity contribution >= 4 is 11.9 Å². The fraction of sp³-hybridized carbons (Fsp3) is 0.450. The summed E-state index contributed by atoms with van der Waals surface area (Å²) in [5.41, 5.74) is 1.64. The third-order valence-corrected chi connectivity index (χ3v) is 5.27. The van der Waals surface area contributed by atoms with Crippen LogP contribution in [0.15, 0.2) is 40.9 Å². The third-order valence-electron chi connectivity index (χ3n) is 5.27. The minimum absolute atomic E-state index is 0.115. The zero-order valence-corrected chi connectivity index (χ0v) is 15.3. The molecule has 142 valence electrons. The number of nitrogens with zero attached hydrogens (tertiary/aromatic N) is 3. The summed E-state index contributed by atoms with van der Waals surface area (Å²) in [6.45, 7) is 2.46. The van der Waals surface area contributed by atoms with E-state index in [0.717, 1.165) is 37.9 Å². The molecular formula is C20H24N4O3. The Bertz CT molecular complexity index is 805. The number of benzene rings is 1. The van der Waals surface area contributed by atoms with Crippen LogP contribution in [-0.4, -0.2) is 52.6 Å². The van der Waals surface area contributed by atoms with Gasteiger partial charge in [-0.3, -0.25) is 4.79 Å². The highest BCUT2D eigenvalue weighted by atomic mass is 16.5. The maximum atomic E-state index is 12.5. The zero-order chi connectivity index (χ0) is 18.6. The number of rotatable bonds is 4. The average Bonchev–Trinajstić information content (AvgIpc) is 3.36. The molecule has 0 saturated carbocycles. The maximum absolute atomic E-state index is 12.5. The van der Waals surface area contributed by atoms with Crippen LogP contribution in [0.2, 0.25) is 0 Å². The Morgan fingerprint density at radius 3 is 2.85 bits per heavy atom. The smallest absolute Gasteiger partial charge is 0.317 e. The van der Waals surface area contributed by atoms with Crippen molar-refractivity contribution < 1.29 is 14.1 Å². The Balaban J connectivity index is 1.31. The van der Waals surface area contributed by atoms with Gasteiger partial charge in [-0.05, 0) is 19.3 Å². The first-order valence-corrected chi connectivity index (χ1v) is 9.54. The van der Waals surface area contributed by atoms with Crippen molar-refractivity contribution in [3.8, 4) is 11.3 Å². The van der Waals surface area contributed by atoms with Crippen molar-refractivity contribution in [1.29, 1.82) is 0 Å². The van der Waals surface area contributed by atoms with Crippen molar-refractivity contribution in [2.45, 2.75) is 38.3 Å². The van der Waals surface area contributed by atoms with Crippen LogP contribution < -0.4 is 5.32 Å². The molecular weight excluding hydrogens is 344 g/mol. The van der Waals surface area contributed by atoms with E-state index in [4.69, 9.17) is 4.52 Å². The summed E-state index contributed by atoms with van der Waals surface area (Å²) in [5, 5.41) is 6.95. The molecule has 1 N–H and O–H groups in total. The molecule has 2 aliphatic rings. The van der Waals surface area contributed by atoms with Crippen molar-refractivity contribution in [3.63, 3.8) is 0 Å². The topological polar surface area (TPSA) is 78.7 Å². The van der Waals surface area contributed by atoms with E-state index in [9.17, 15) is 9.59 Å². The van der Waals surface area contributed by atoms with Gasteiger partial charge >= 0.3 is 6.03 Å². The van der Waals surface area contributed by atoms with Gasteiger partial charge in [0.1, 0.15) is 5.69 Å². The first-order chi connectivity index (χ1) is 13.2. The summed E-state index contributed by atoms with van der Waals surface area (Å²) in [5.74, 6) is 0.906. The molecule has 1 unspecified atom stereocenters. The van der Waals surface area contributed by atoms with E-state index in [1.54, 1.807) is 4.90 Å². The highest BCUT2D eigenvalue weighted by molar-refractivity contribution is 5.79. The molecule has 0 radical (unpaired) electrons. The fourth-order valence-corrected chi connectivity index (χ4v) is 3.86. The summed E-state index contributed by atoms with van der Waals surface area (Å²) in [7, 11) is 0. The number of carbonyl (C=O) groups is 2. The molecule has 7 heteroatoms. The summed E-state index contributed by atoms with van der Waals surface area (Å²) in [6.07, 6.45) is 3.46. The molecule has 0 bridgehead atoms. The van der Waals surface area contributed by atoms with Gasteiger partial charge in [0.2, 0.25) is 5.91 Å². The predicted molar refractivity (Wildman–Crippen MR) is 99.7 cm³/mol. The van der Waals surface area contributed by atoms with Crippen molar-refractivity contribution in [3.05, 3.63) is 42.1 Å². The quantitative estimate of drug-likeness (QED) is 0.900. The first kappa shape index (κ1) is 17.6. The van der Waals surface area contributed by atoms with E-state index in [1.807, 2.05) is 41.3 Å². The number of hydrogen-bond acceptors (Lipinski definition) is 4. The minimum atomic E-state index is -0.115. The highest BCUT2D eigenvalue weighted by Gasteiger charge is 2.32. The molecule has 2 aromatic rings. The molecule has 2 saturated heterocycles. The zero-order valence-electron chi connectivity index (χ0n) is 15.3. The number of likely N-dealkylation sites (tertiary alicyclic amines) is 2. The van der Waals surface area contributed by atoms with Gasteiger partial charge < -0.3 is 19.6 Å². The van der Waals surface area contributed by atoms with Gasteiger partial charge in [-0.2, -0.15) is 0 Å². The predicted octanol–water partition coefficient (Wildman–Crippen LogP) is 2.64. The third kappa shape index (κ3) is 3.97. The van der Waals surface area contributed by atoms with Crippen molar-refractivity contribution in [2.24, 2.45) is 0 Å². The molecule has 1 aromatic heterocycles. The lowest BCUT2D eigenvalue weighted by Crippen LogP contribution is -2.52. The van der Waals surface area contributed by atoms with Gasteiger partial charge in [0.05, 0.1) is 6.54 Å². The number of amides is 3. The molecule has 27 heavy (non-hydrogen) atoms. The molecule has 4 rings (SSSR count). The molecule has 7 nitrogen and oxygen atoms in total. The van der Waals surface area contributed by atoms with Crippen LogP contribution in [0.25, 0.3) is 11.3 Å². The molecule has 1 atom stereocenters. The SMILES string of the molecule is O=C(NCc1cc(-c2ccccc2)on1)N1CCCC(N2CCCC2=O)C1.